The van der Waals surface area contributed by atoms with Gasteiger partial charge in [-0.2, -0.15) is 0 Å². The molecular formula is C11H13NO5S. The van der Waals surface area contributed by atoms with Crippen LogP contribution in [-0.2, 0) is 9.84 Å². The van der Waals surface area contributed by atoms with Gasteiger partial charge in [0.15, 0.2) is 15.6 Å². The van der Waals surface area contributed by atoms with E-state index in [-0.39, 0.29) is 17.0 Å². The van der Waals surface area contributed by atoms with Crippen molar-refractivity contribution < 1.29 is 18.1 Å². The Bertz CT molecular complexity index is 579. The highest BCUT2D eigenvalue weighted by Crippen LogP contribution is 2.17. The van der Waals surface area contributed by atoms with Gasteiger partial charge in [-0.05, 0) is 6.92 Å². The largest absolute Gasteiger partial charge is 0.293 e. The van der Waals surface area contributed by atoms with Crippen molar-refractivity contribution in [2.24, 2.45) is 0 Å². The van der Waals surface area contributed by atoms with E-state index in [1.807, 2.05) is 0 Å². The molecule has 0 fully saturated rings. The molecule has 0 saturated heterocycles. The van der Waals surface area contributed by atoms with Crippen LogP contribution in [0.3, 0.4) is 0 Å². The molecule has 0 unspecified atom stereocenters. The molecule has 1 rings (SSSR count). The Kier molecular flexibility index (Phi) is 4.18. The number of nitrogens with zero attached hydrogens (tertiary/aromatic N) is 1. The molecule has 1 aromatic carbocycles. The lowest BCUT2D eigenvalue weighted by Gasteiger charge is -2.10. The first-order chi connectivity index (χ1) is 8.29. The first-order valence-corrected chi connectivity index (χ1v) is 7.01. The maximum atomic E-state index is 11.9. The van der Waals surface area contributed by atoms with Crippen LogP contribution in [0.25, 0.3) is 0 Å². The molecule has 0 bridgehead atoms. The average molecular weight is 271 g/mol. The summed E-state index contributed by atoms with van der Waals surface area (Å²) in [6, 6.07) is 5.06. The minimum absolute atomic E-state index is 0.0359. The number of nitro groups is 1. The van der Waals surface area contributed by atoms with Crippen molar-refractivity contribution >= 4 is 21.3 Å². The Hall–Kier alpha value is -1.76. The molecule has 1 atom stereocenters. The molecule has 18 heavy (non-hydrogen) atoms. The molecule has 0 aliphatic rings. The van der Waals surface area contributed by atoms with Gasteiger partial charge in [-0.3, -0.25) is 14.9 Å². The van der Waals surface area contributed by atoms with Crippen LogP contribution in [0.1, 0.15) is 24.2 Å². The number of nitro benzene ring substituents is 1. The van der Waals surface area contributed by atoms with E-state index in [0.717, 1.165) is 6.07 Å². The molecule has 7 heteroatoms. The number of carbonyl (C=O) groups is 1. The fourth-order valence-corrected chi connectivity index (χ4v) is 2.38. The molecule has 6 nitrogen and oxygen atoms in total. The van der Waals surface area contributed by atoms with Gasteiger partial charge in [0, 0.05) is 23.4 Å². The third kappa shape index (κ3) is 2.92. The van der Waals surface area contributed by atoms with E-state index in [4.69, 9.17) is 0 Å². The summed E-state index contributed by atoms with van der Waals surface area (Å²) in [4.78, 5) is 21.9. The molecule has 0 aromatic heterocycles. The fourth-order valence-electron chi connectivity index (χ4n) is 1.42. The first kappa shape index (κ1) is 14.3. The highest BCUT2D eigenvalue weighted by Gasteiger charge is 2.27. The lowest BCUT2D eigenvalue weighted by Crippen LogP contribution is -2.28. The fraction of sp³-hybridized carbons (Fsp3) is 0.364. The Morgan fingerprint density at radius 3 is 2.56 bits per heavy atom. The van der Waals surface area contributed by atoms with Gasteiger partial charge in [0.25, 0.3) is 5.69 Å². The zero-order chi connectivity index (χ0) is 13.9. The van der Waals surface area contributed by atoms with Crippen molar-refractivity contribution in [1.29, 1.82) is 0 Å². The zero-order valence-corrected chi connectivity index (χ0v) is 10.8. The zero-order valence-electron chi connectivity index (χ0n) is 9.99. The summed E-state index contributed by atoms with van der Waals surface area (Å²) in [5.41, 5.74) is -0.198. The maximum Gasteiger partial charge on any atom is 0.270 e. The molecule has 0 aliphatic heterocycles. The van der Waals surface area contributed by atoms with Crippen LogP contribution in [0.4, 0.5) is 5.69 Å². The second-order valence-electron chi connectivity index (χ2n) is 3.77. The van der Waals surface area contributed by atoms with Crippen LogP contribution in [0, 0.1) is 10.1 Å². The van der Waals surface area contributed by atoms with Crippen LogP contribution in [0.5, 0.6) is 0 Å². The molecule has 0 aliphatic carbocycles. The minimum Gasteiger partial charge on any atom is -0.293 e. The van der Waals surface area contributed by atoms with Crippen LogP contribution in [0.2, 0.25) is 0 Å². The van der Waals surface area contributed by atoms with Crippen molar-refractivity contribution in [3.05, 3.63) is 39.9 Å². The van der Waals surface area contributed by atoms with E-state index >= 15 is 0 Å². The van der Waals surface area contributed by atoms with Crippen LogP contribution < -0.4 is 0 Å². The summed E-state index contributed by atoms with van der Waals surface area (Å²) in [7, 11) is -3.50. The van der Waals surface area contributed by atoms with E-state index in [1.54, 1.807) is 0 Å². The van der Waals surface area contributed by atoms with Gasteiger partial charge in [0.1, 0.15) is 5.25 Å². The van der Waals surface area contributed by atoms with Gasteiger partial charge in [0.05, 0.1) is 4.92 Å². The molecule has 0 heterocycles. The van der Waals surface area contributed by atoms with E-state index in [9.17, 15) is 23.3 Å². The predicted molar refractivity (Wildman–Crippen MR) is 66.3 cm³/mol. The Morgan fingerprint density at radius 2 is 2.06 bits per heavy atom. The average Bonchev–Trinajstić information content (AvgIpc) is 2.37. The van der Waals surface area contributed by atoms with Crippen molar-refractivity contribution in [3.8, 4) is 0 Å². The lowest BCUT2D eigenvalue weighted by atomic mass is 10.1. The van der Waals surface area contributed by atoms with Crippen molar-refractivity contribution in [1.82, 2.24) is 0 Å². The highest BCUT2D eigenvalue weighted by molar-refractivity contribution is 7.92. The quantitative estimate of drug-likeness (QED) is 0.460. The van der Waals surface area contributed by atoms with Crippen molar-refractivity contribution in [3.63, 3.8) is 0 Å². The lowest BCUT2D eigenvalue weighted by molar-refractivity contribution is -0.384. The van der Waals surface area contributed by atoms with Crippen LogP contribution in [0.15, 0.2) is 24.3 Å². The van der Waals surface area contributed by atoms with E-state index in [0.29, 0.717) is 0 Å². The normalized spacial score (nSPS) is 13.0. The van der Waals surface area contributed by atoms with Crippen LogP contribution >= 0.6 is 0 Å². The van der Waals surface area contributed by atoms with Crippen molar-refractivity contribution in [2.45, 2.75) is 19.1 Å². The number of rotatable bonds is 5. The SMILES string of the molecule is CCS(=O)(=O)[C@@H](C)C(=O)c1cccc([N+](=O)[O-])c1. The third-order valence-corrected chi connectivity index (χ3v) is 4.75. The molecule has 0 amide bonds. The van der Waals surface area contributed by atoms with E-state index in [2.05, 4.69) is 0 Å². The molecule has 0 saturated carbocycles. The smallest absolute Gasteiger partial charge is 0.270 e. The molecule has 0 N–H and O–H groups in total. The van der Waals surface area contributed by atoms with Crippen LogP contribution in [-0.4, -0.2) is 30.1 Å². The highest BCUT2D eigenvalue weighted by atomic mass is 32.2. The number of carbonyl (C=O) groups excluding carboxylic acids is 1. The topological polar surface area (TPSA) is 94.3 Å². The summed E-state index contributed by atoms with van der Waals surface area (Å²) in [5.74, 6) is -0.769. The Balaban J connectivity index is 3.12. The summed E-state index contributed by atoms with van der Waals surface area (Å²) in [6.07, 6.45) is 0. The maximum absolute atomic E-state index is 11.9. The Morgan fingerprint density at radius 1 is 1.44 bits per heavy atom. The summed E-state index contributed by atoms with van der Waals surface area (Å²) < 4.78 is 23.2. The number of hydrogen-bond donors (Lipinski definition) is 0. The molecule has 98 valence electrons. The first-order valence-electron chi connectivity index (χ1n) is 5.30. The number of ketones is 1. The van der Waals surface area contributed by atoms with Gasteiger partial charge < -0.3 is 0 Å². The van der Waals surface area contributed by atoms with E-state index in [1.165, 1.54) is 32.0 Å². The summed E-state index contributed by atoms with van der Waals surface area (Å²) >= 11 is 0. The number of Topliss-reactive ketones (excluding diaryl/α,β-unsaturated/α-hetero) is 1. The van der Waals surface area contributed by atoms with E-state index < -0.39 is 25.8 Å². The standard InChI is InChI=1S/C11H13NO5S/c1-3-18(16,17)8(2)11(13)9-5-4-6-10(7-9)12(14)15/h4-8H,3H2,1-2H3/t8-/m0/s1. The number of benzene rings is 1. The molecule has 1 aromatic rings. The monoisotopic (exact) mass is 271 g/mol. The second-order valence-corrected chi connectivity index (χ2v) is 6.38. The van der Waals surface area contributed by atoms with Crippen molar-refractivity contribution in [2.75, 3.05) is 5.75 Å². The number of non-ortho nitro benzene ring substituents is 1. The van der Waals surface area contributed by atoms with Gasteiger partial charge in [-0.1, -0.05) is 19.1 Å². The molecule has 0 radical (unpaired) electrons. The molecular weight excluding hydrogens is 258 g/mol. The van der Waals surface area contributed by atoms with Gasteiger partial charge in [-0.15, -0.1) is 0 Å². The predicted octanol–water partition coefficient (Wildman–Crippen LogP) is 1.60. The number of sulfone groups is 1. The molecule has 0 spiro atoms. The Labute approximate surface area is 105 Å². The van der Waals surface area contributed by atoms with Gasteiger partial charge in [-0.25, -0.2) is 8.42 Å². The summed E-state index contributed by atoms with van der Waals surface area (Å²) in [5, 5.41) is 9.38. The van der Waals surface area contributed by atoms with Gasteiger partial charge in [0.2, 0.25) is 0 Å². The van der Waals surface area contributed by atoms with Gasteiger partial charge >= 0.3 is 0 Å². The third-order valence-electron chi connectivity index (χ3n) is 2.65. The minimum atomic E-state index is -3.50. The number of hydrogen-bond acceptors (Lipinski definition) is 5. The second kappa shape index (κ2) is 5.26. The summed E-state index contributed by atoms with van der Waals surface area (Å²) in [6.45, 7) is 2.74.